The molecule has 0 fully saturated rings. The highest BCUT2D eigenvalue weighted by Crippen LogP contribution is 2.36. The van der Waals surface area contributed by atoms with Crippen molar-refractivity contribution in [2.24, 2.45) is 0 Å². The fourth-order valence-electron chi connectivity index (χ4n) is 4.52. The molecule has 4 nitrogen and oxygen atoms in total. The minimum Gasteiger partial charge on any atom is -0.309 e. The molecule has 0 saturated carbocycles. The van der Waals surface area contributed by atoms with Crippen molar-refractivity contribution in [1.82, 2.24) is 4.57 Å². The van der Waals surface area contributed by atoms with Crippen molar-refractivity contribution in [1.29, 1.82) is 15.8 Å². The Kier molecular flexibility index (Phi) is 5.15. The molecule has 34 heavy (non-hydrogen) atoms. The second kappa shape index (κ2) is 8.44. The summed E-state index contributed by atoms with van der Waals surface area (Å²) in [4.78, 5) is 0. The van der Waals surface area contributed by atoms with E-state index in [1.54, 1.807) is 6.07 Å². The van der Waals surface area contributed by atoms with Crippen molar-refractivity contribution in [2.45, 2.75) is 6.92 Å². The van der Waals surface area contributed by atoms with Crippen molar-refractivity contribution in [2.75, 3.05) is 0 Å². The molecule has 1 heterocycles. The number of rotatable bonds is 3. The standard InChI is InChI=1S/C30H18N4/c1-2-6-25-23(19-33)7-5-10-28(25)34-29-9-4-3-8-26(29)27-16-22(11-12-30(27)34)24-14-20(17-31)13-21(15-24)18-32/h2-16H,1H3/b6-2+. The Morgan fingerprint density at radius 2 is 1.41 bits per heavy atom. The van der Waals surface area contributed by atoms with E-state index in [9.17, 15) is 15.8 Å². The second-order valence-corrected chi connectivity index (χ2v) is 7.96. The fraction of sp³-hybridized carbons (Fsp3) is 0.0333. The van der Waals surface area contributed by atoms with E-state index < -0.39 is 0 Å². The molecule has 4 aromatic carbocycles. The summed E-state index contributed by atoms with van der Waals surface area (Å²) in [7, 11) is 0. The summed E-state index contributed by atoms with van der Waals surface area (Å²) in [5, 5.41) is 30.6. The zero-order chi connectivity index (χ0) is 23.7. The normalized spacial score (nSPS) is 10.9. The third-order valence-corrected chi connectivity index (χ3v) is 5.97. The number of aromatic nitrogens is 1. The molecule has 0 bridgehead atoms. The van der Waals surface area contributed by atoms with Crippen molar-refractivity contribution >= 4 is 27.9 Å². The van der Waals surface area contributed by atoms with Crippen molar-refractivity contribution in [3.63, 3.8) is 0 Å². The van der Waals surface area contributed by atoms with Crippen LogP contribution in [0.1, 0.15) is 29.2 Å². The quantitative estimate of drug-likeness (QED) is 0.304. The van der Waals surface area contributed by atoms with E-state index in [1.807, 2.05) is 67.6 Å². The van der Waals surface area contributed by atoms with E-state index in [0.29, 0.717) is 16.7 Å². The molecule has 1 aromatic heterocycles. The molecule has 0 aliphatic rings. The molecule has 0 aliphatic carbocycles. The summed E-state index contributed by atoms with van der Waals surface area (Å²) in [5.74, 6) is 0. The molecule has 0 atom stereocenters. The first-order valence-electron chi connectivity index (χ1n) is 10.8. The van der Waals surface area contributed by atoms with Gasteiger partial charge in [-0.2, -0.15) is 15.8 Å². The molecular weight excluding hydrogens is 416 g/mol. The summed E-state index contributed by atoms with van der Waals surface area (Å²) in [5.41, 5.74) is 7.17. The monoisotopic (exact) mass is 434 g/mol. The van der Waals surface area contributed by atoms with Crippen LogP contribution >= 0.6 is 0 Å². The lowest BCUT2D eigenvalue weighted by Gasteiger charge is -2.13. The summed E-state index contributed by atoms with van der Waals surface area (Å²) in [6, 6.07) is 32.0. The maximum absolute atomic E-state index is 9.70. The van der Waals surface area contributed by atoms with Gasteiger partial charge in [-0.1, -0.05) is 42.5 Å². The molecule has 158 valence electrons. The lowest BCUT2D eigenvalue weighted by molar-refractivity contribution is 1.17. The zero-order valence-electron chi connectivity index (χ0n) is 18.4. The first-order valence-corrected chi connectivity index (χ1v) is 10.8. The van der Waals surface area contributed by atoms with E-state index in [4.69, 9.17) is 0 Å². The Bertz CT molecular complexity index is 1720. The van der Waals surface area contributed by atoms with Gasteiger partial charge < -0.3 is 4.57 Å². The van der Waals surface area contributed by atoms with E-state index in [1.165, 1.54) is 0 Å². The maximum Gasteiger partial charge on any atom is 0.0998 e. The minimum atomic E-state index is 0.459. The number of hydrogen-bond donors (Lipinski definition) is 0. The predicted octanol–water partition coefficient (Wildman–Crippen LogP) is 7.10. The summed E-state index contributed by atoms with van der Waals surface area (Å²) < 4.78 is 2.19. The molecule has 0 amide bonds. The average Bonchev–Trinajstić information content (AvgIpc) is 3.22. The molecule has 4 heteroatoms. The van der Waals surface area contributed by atoms with Crippen molar-refractivity contribution in [3.8, 4) is 35.0 Å². The molecule has 5 aromatic rings. The van der Waals surface area contributed by atoms with Gasteiger partial charge in [-0.25, -0.2) is 0 Å². The SMILES string of the molecule is C/C=C/c1c(C#N)cccc1-n1c2ccccc2c2cc(-c3cc(C#N)cc(C#N)c3)ccc21. The first-order chi connectivity index (χ1) is 16.7. The van der Waals surface area contributed by atoms with Crippen LogP contribution in [-0.2, 0) is 0 Å². The number of allylic oxidation sites excluding steroid dienone is 1. The first kappa shape index (κ1) is 20.8. The molecular formula is C30H18N4. The molecule has 0 radical (unpaired) electrons. The van der Waals surface area contributed by atoms with Gasteiger partial charge in [0.25, 0.3) is 0 Å². The number of hydrogen-bond acceptors (Lipinski definition) is 3. The van der Waals surface area contributed by atoms with Gasteiger partial charge in [0, 0.05) is 16.3 Å². The average molecular weight is 435 g/mol. The predicted molar refractivity (Wildman–Crippen MR) is 135 cm³/mol. The largest absolute Gasteiger partial charge is 0.309 e. The Hall–Kier alpha value is -5.11. The van der Waals surface area contributed by atoms with Gasteiger partial charge in [0.1, 0.15) is 0 Å². The van der Waals surface area contributed by atoms with Crippen molar-refractivity contribution < 1.29 is 0 Å². The third-order valence-electron chi connectivity index (χ3n) is 5.97. The molecule has 0 N–H and O–H groups in total. The van der Waals surface area contributed by atoms with Crippen LogP contribution in [0.4, 0.5) is 0 Å². The topological polar surface area (TPSA) is 76.3 Å². The van der Waals surface area contributed by atoms with Crippen LogP contribution in [0.25, 0.3) is 44.7 Å². The zero-order valence-corrected chi connectivity index (χ0v) is 18.4. The Balaban J connectivity index is 1.84. The number of para-hydroxylation sites is 1. The second-order valence-electron chi connectivity index (χ2n) is 7.96. The third kappa shape index (κ3) is 3.30. The number of nitrogens with zero attached hydrogens (tertiary/aromatic N) is 4. The van der Waals surface area contributed by atoms with Crippen LogP contribution in [0.3, 0.4) is 0 Å². The molecule has 0 unspecified atom stereocenters. The van der Waals surface area contributed by atoms with E-state index in [-0.39, 0.29) is 0 Å². The highest BCUT2D eigenvalue weighted by atomic mass is 15.0. The van der Waals surface area contributed by atoms with Gasteiger partial charge in [-0.3, -0.25) is 0 Å². The van der Waals surface area contributed by atoms with E-state index in [2.05, 4.69) is 47.0 Å². The minimum absolute atomic E-state index is 0.459. The van der Waals surface area contributed by atoms with Crippen LogP contribution in [0.2, 0.25) is 0 Å². The van der Waals surface area contributed by atoms with Crippen LogP contribution in [0, 0.1) is 34.0 Å². The Labute approximate surface area is 197 Å². The molecule has 0 aliphatic heterocycles. The van der Waals surface area contributed by atoms with Crippen LogP contribution in [0.5, 0.6) is 0 Å². The van der Waals surface area contributed by atoms with Gasteiger partial charge in [-0.05, 0) is 66.6 Å². The number of nitriles is 3. The molecule has 0 spiro atoms. The van der Waals surface area contributed by atoms with Crippen LogP contribution in [0.15, 0.2) is 84.9 Å². The highest BCUT2D eigenvalue weighted by Gasteiger charge is 2.16. The van der Waals surface area contributed by atoms with Gasteiger partial charge in [0.05, 0.1) is 51.6 Å². The van der Waals surface area contributed by atoms with Gasteiger partial charge in [-0.15, -0.1) is 0 Å². The molecule has 0 saturated heterocycles. The summed E-state index contributed by atoms with van der Waals surface area (Å²) in [6.07, 6.45) is 3.92. The molecule has 5 rings (SSSR count). The summed E-state index contributed by atoms with van der Waals surface area (Å²) >= 11 is 0. The van der Waals surface area contributed by atoms with E-state index >= 15 is 0 Å². The lowest BCUT2D eigenvalue weighted by Crippen LogP contribution is -1.99. The maximum atomic E-state index is 9.70. The number of fused-ring (bicyclic) bond motifs is 3. The fourth-order valence-corrected chi connectivity index (χ4v) is 4.52. The van der Waals surface area contributed by atoms with Gasteiger partial charge >= 0.3 is 0 Å². The summed E-state index contributed by atoms with van der Waals surface area (Å²) in [6.45, 7) is 1.95. The Morgan fingerprint density at radius 1 is 0.676 bits per heavy atom. The van der Waals surface area contributed by atoms with Gasteiger partial charge in [0.2, 0.25) is 0 Å². The van der Waals surface area contributed by atoms with Crippen LogP contribution in [-0.4, -0.2) is 4.57 Å². The smallest absolute Gasteiger partial charge is 0.0998 e. The number of benzene rings is 4. The van der Waals surface area contributed by atoms with Crippen molar-refractivity contribution in [3.05, 3.63) is 107 Å². The lowest BCUT2D eigenvalue weighted by atomic mass is 9.99. The van der Waals surface area contributed by atoms with E-state index in [0.717, 1.165) is 44.2 Å². The van der Waals surface area contributed by atoms with Gasteiger partial charge in [0.15, 0.2) is 0 Å². The Morgan fingerprint density at radius 3 is 2.12 bits per heavy atom. The van der Waals surface area contributed by atoms with Crippen LogP contribution < -0.4 is 0 Å². The highest BCUT2D eigenvalue weighted by molar-refractivity contribution is 6.10.